The van der Waals surface area contributed by atoms with E-state index in [1.807, 2.05) is 32.0 Å². The Bertz CT molecular complexity index is 1260. The number of nitrogens with two attached hydrogens (primary N) is 1. The van der Waals surface area contributed by atoms with Crippen molar-refractivity contribution in [2.75, 3.05) is 18.2 Å². The van der Waals surface area contributed by atoms with Crippen molar-refractivity contribution in [3.05, 3.63) is 75.1 Å². The van der Waals surface area contributed by atoms with Crippen LogP contribution in [0.5, 0.6) is 0 Å². The van der Waals surface area contributed by atoms with Crippen LogP contribution in [0, 0.1) is 13.8 Å². The van der Waals surface area contributed by atoms with E-state index in [0.29, 0.717) is 24.0 Å². The van der Waals surface area contributed by atoms with Crippen LogP contribution >= 0.6 is 0 Å². The van der Waals surface area contributed by atoms with E-state index in [9.17, 15) is 9.59 Å². The third-order valence-electron chi connectivity index (χ3n) is 6.12. The van der Waals surface area contributed by atoms with Gasteiger partial charge < -0.3 is 21.1 Å². The lowest BCUT2D eigenvalue weighted by Gasteiger charge is -2.16. The van der Waals surface area contributed by atoms with E-state index >= 15 is 0 Å². The Hall–Kier alpha value is -3.56. The summed E-state index contributed by atoms with van der Waals surface area (Å²) in [5.74, 6) is -0.747. The summed E-state index contributed by atoms with van der Waals surface area (Å²) in [7, 11) is 1.63. The van der Waals surface area contributed by atoms with Crippen LogP contribution in [-0.2, 0) is 11.3 Å². The summed E-state index contributed by atoms with van der Waals surface area (Å²) >= 11 is 0. The van der Waals surface area contributed by atoms with Gasteiger partial charge in [-0.05, 0) is 61.9 Å². The predicted octanol–water partition coefficient (Wildman–Crippen LogP) is 3.04. The van der Waals surface area contributed by atoms with Gasteiger partial charge in [0.25, 0.3) is 11.5 Å². The number of ether oxygens (including phenoxy) is 1. The lowest BCUT2D eigenvalue weighted by molar-refractivity contribution is 0.102. The molecule has 4 N–H and O–H groups in total. The number of methoxy groups -OCH3 is 1. The Balaban J connectivity index is 1.66. The van der Waals surface area contributed by atoms with Crippen LogP contribution in [0.3, 0.4) is 0 Å². The van der Waals surface area contributed by atoms with Crippen LogP contribution in [0.4, 0.5) is 11.5 Å². The van der Waals surface area contributed by atoms with Gasteiger partial charge in [-0.15, -0.1) is 0 Å². The van der Waals surface area contributed by atoms with Crippen molar-refractivity contribution >= 4 is 17.4 Å². The summed E-state index contributed by atoms with van der Waals surface area (Å²) < 4.78 is 6.58. The molecule has 1 fully saturated rings. The van der Waals surface area contributed by atoms with Gasteiger partial charge in [0.2, 0.25) is 0 Å². The molecule has 1 aromatic carbocycles. The minimum Gasteiger partial charge on any atom is -0.383 e. The molecule has 1 saturated heterocycles. The third kappa shape index (κ3) is 4.71. The zero-order chi connectivity index (χ0) is 24.4. The maximum absolute atomic E-state index is 13.4. The first-order valence-electron chi connectivity index (χ1n) is 11.3. The van der Waals surface area contributed by atoms with E-state index in [1.165, 1.54) is 10.9 Å². The fourth-order valence-electron chi connectivity index (χ4n) is 4.62. The van der Waals surface area contributed by atoms with Crippen molar-refractivity contribution in [1.82, 2.24) is 19.9 Å². The molecule has 9 heteroatoms. The number of hydrogen-bond acceptors (Lipinski definition) is 7. The van der Waals surface area contributed by atoms with E-state index in [-0.39, 0.29) is 17.4 Å². The molecular formula is C25H30N6O3. The topological polar surface area (TPSA) is 124 Å². The third-order valence-corrected chi connectivity index (χ3v) is 6.12. The summed E-state index contributed by atoms with van der Waals surface area (Å²) in [4.78, 5) is 34.9. The van der Waals surface area contributed by atoms with E-state index in [4.69, 9.17) is 10.5 Å². The SMILES string of the molecule is COCc1cc(C)c(-n2cnc(N)c(C(=O)Nc3cncc([C@H]4CC[C@@H](C)N4)c3)c2=O)c(C)c1. The van der Waals surface area contributed by atoms with Crippen molar-refractivity contribution < 1.29 is 9.53 Å². The van der Waals surface area contributed by atoms with Crippen LogP contribution < -0.4 is 21.9 Å². The Morgan fingerprint density at radius 3 is 2.62 bits per heavy atom. The lowest BCUT2D eigenvalue weighted by Crippen LogP contribution is -2.31. The van der Waals surface area contributed by atoms with Gasteiger partial charge >= 0.3 is 0 Å². The van der Waals surface area contributed by atoms with Crippen LogP contribution in [0.15, 0.2) is 41.7 Å². The van der Waals surface area contributed by atoms with E-state index in [1.54, 1.807) is 19.5 Å². The monoisotopic (exact) mass is 462 g/mol. The Morgan fingerprint density at radius 2 is 1.97 bits per heavy atom. The largest absolute Gasteiger partial charge is 0.383 e. The molecule has 3 aromatic rings. The number of pyridine rings is 1. The molecule has 2 atom stereocenters. The summed E-state index contributed by atoms with van der Waals surface area (Å²) in [6.45, 7) is 6.41. The van der Waals surface area contributed by atoms with Gasteiger partial charge in [0.1, 0.15) is 17.7 Å². The number of nitrogen functional groups attached to an aromatic ring is 1. The molecule has 1 amide bonds. The maximum atomic E-state index is 13.4. The average Bonchev–Trinajstić information content (AvgIpc) is 3.22. The first kappa shape index (κ1) is 23.6. The number of hydrogen-bond donors (Lipinski definition) is 3. The van der Waals surface area contributed by atoms with Crippen LogP contribution in [0.2, 0.25) is 0 Å². The number of carbonyl (C=O) groups excluding carboxylic acids is 1. The van der Waals surface area contributed by atoms with E-state index in [2.05, 4.69) is 27.5 Å². The second kappa shape index (κ2) is 9.74. The zero-order valence-corrected chi connectivity index (χ0v) is 19.9. The molecule has 0 aliphatic carbocycles. The molecule has 0 spiro atoms. The fraction of sp³-hybridized carbons (Fsp3) is 0.360. The highest BCUT2D eigenvalue weighted by atomic mass is 16.5. The number of amides is 1. The number of carbonyl (C=O) groups is 1. The number of aryl methyl sites for hydroxylation is 2. The molecule has 0 saturated carbocycles. The number of aromatic nitrogens is 3. The molecule has 2 aromatic heterocycles. The van der Waals surface area contributed by atoms with Gasteiger partial charge in [-0.25, -0.2) is 4.98 Å². The minimum absolute atomic E-state index is 0.125. The van der Waals surface area contributed by atoms with Gasteiger partial charge in [0.15, 0.2) is 0 Å². The summed E-state index contributed by atoms with van der Waals surface area (Å²) in [6, 6.07) is 6.39. The van der Waals surface area contributed by atoms with E-state index < -0.39 is 11.5 Å². The summed E-state index contributed by atoms with van der Waals surface area (Å²) in [6.07, 6.45) is 6.78. The van der Waals surface area contributed by atoms with Crippen molar-refractivity contribution in [2.45, 2.75) is 52.3 Å². The molecule has 3 heterocycles. The van der Waals surface area contributed by atoms with Crippen molar-refractivity contribution in [3.8, 4) is 5.69 Å². The Kier molecular flexibility index (Phi) is 6.76. The van der Waals surface area contributed by atoms with Crippen molar-refractivity contribution in [2.24, 2.45) is 0 Å². The second-order valence-electron chi connectivity index (χ2n) is 8.85. The normalized spacial score (nSPS) is 17.6. The number of anilines is 2. The molecular weight excluding hydrogens is 432 g/mol. The first-order chi connectivity index (χ1) is 16.3. The lowest BCUT2D eigenvalue weighted by atomic mass is 10.0. The van der Waals surface area contributed by atoms with Gasteiger partial charge in [0, 0.05) is 25.4 Å². The molecule has 34 heavy (non-hydrogen) atoms. The molecule has 9 nitrogen and oxygen atoms in total. The highest BCUT2D eigenvalue weighted by molar-refractivity contribution is 6.06. The molecule has 4 rings (SSSR count). The summed E-state index contributed by atoms with van der Waals surface area (Å²) in [5.41, 5.74) is 10.1. The number of benzene rings is 1. The maximum Gasteiger partial charge on any atom is 0.272 e. The van der Waals surface area contributed by atoms with Crippen LogP contribution in [0.1, 0.15) is 58.4 Å². The fourth-order valence-corrected chi connectivity index (χ4v) is 4.62. The van der Waals surface area contributed by atoms with Gasteiger partial charge in [0.05, 0.1) is 24.2 Å². The first-order valence-corrected chi connectivity index (χ1v) is 11.3. The minimum atomic E-state index is -0.623. The number of nitrogens with one attached hydrogen (secondary N) is 2. The smallest absolute Gasteiger partial charge is 0.272 e. The molecule has 0 radical (unpaired) electrons. The zero-order valence-electron chi connectivity index (χ0n) is 19.9. The highest BCUT2D eigenvalue weighted by Crippen LogP contribution is 2.27. The number of nitrogens with zero attached hydrogens (tertiary/aromatic N) is 3. The quantitative estimate of drug-likeness (QED) is 0.514. The summed E-state index contributed by atoms with van der Waals surface area (Å²) in [5, 5.41) is 6.27. The number of rotatable bonds is 6. The van der Waals surface area contributed by atoms with E-state index in [0.717, 1.165) is 35.1 Å². The Morgan fingerprint density at radius 1 is 1.24 bits per heavy atom. The van der Waals surface area contributed by atoms with Crippen molar-refractivity contribution in [1.29, 1.82) is 0 Å². The second-order valence-corrected chi connectivity index (χ2v) is 8.85. The standard InChI is InChI=1S/C25H30N6O3/c1-14-7-17(12-34-4)8-15(2)22(14)31-13-28-23(26)21(25(31)33)24(32)30-19-9-18(10-27-11-19)20-6-5-16(3)29-20/h7-11,13,16,20,29H,5-6,12,26H2,1-4H3,(H,30,32)/t16-,20-/m1/s1. The van der Waals surface area contributed by atoms with Crippen LogP contribution in [-0.4, -0.2) is 33.6 Å². The molecule has 1 aliphatic rings. The van der Waals surface area contributed by atoms with Gasteiger partial charge in [-0.1, -0.05) is 12.1 Å². The average molecular weight is 463 g/mol. The van der Waals surface area contributed by atoms with Crippen LogP contribution in [0.25, 0.3) is 5.69 Å². The van der Waals surface area contributed by atoms with Gasteiger partial charge in [-0.3, -0.25) is 19.1 Å². The van der Waals surface area contributed by atoms with Gasteiger partial charge in [-0.2, -0.15) is 0 Å². The highest BCUT2D eigenvalue weighted by Gasteiger charge is 2.23. The molecule has 0 unspecified atom stereocenters. The Labute approximate surface area is 198 Å². The molecule has 0 bridgehead atoms. The molecule has 178 valence electrons. The molecule has 1 aliphatic heterocycles. The van der Waals surface area contributed by atoms with Crippen molar-refractivity contribution in [3.63, 3.8) is 0 Å². The predicted molar refractivity (Wildman–Crippen MR) is 131 cm³/mol.